The van der Waals surface area contributed by atoms with Crippen LogP contribution in [0.15, 0.2) is 36.4 Å². The van der Waals surface area contributed by atoms with E-state index in [0.29, 0.717) is 0 Å². The van der Waals surface area contributed by atoms with Gasteiger partial charge in [-0.25, -0.2) is 13.8 Å². The number of carbonyl (C=O) groups excluding carboxylic acids is 2. The number of amides is 2. The molecule has 11 heteroatoms. The molecule has 0 spiro atoms. The van der Waals surface area contributed by atoms with Gasteiger partial charge in [-0.05, 0) is 49.7 Å². The van der Waals surface area contributed by atoms with Gasteiger partial charge in [-0.1, -0.05) is 6.07 Å². The molecule has 2 amide bonds. The molecule has 1 aromatic carbocycles. The lowest BCUT2D eigenvalue weighted by atomic mass is 9.96. The van der Waals surface area contributed by atoms with Crippen LogP contribution in [0.1, 0.15) is 41.5 Å². The summed E-state index contributed by atoms with van der Waals surface area (Å²) < 4.78 is 29.5. The number of anilines is 2. The number of aliphatic hydroxyl groups is 1. The highest BCUT2D eigenvalue weighted by atomic mass is 32.1. The average molecular weight is 461 g/mol. The Morgan fingerprint density at radius 2 is 1.78 bits per heavy atom. The molecule has 1 atom stereocenters. The summed E-state index contributed by atoms with van der Waals surface area (Å²) >= 11 is 0.881. The zero-order valence-corrected chi connectivity index (χ0v) is 18.0. The van der Waals surface area contributed by atoms with Gasteiger partial charge in [0.15, 0.2) is 0 Å². The molecule has 0 radical (unpaired) electrons. The highest BCUT2D eigenvalue weighted by Gasteiger charge is 2.24. The number of pyridine rings is 1. The van der Waals surface area contributed by atoms with E-state index >= 15 is 0 Å². The summed E-state index contributed by atoms with van der Waals surface area (Å²) in [4.78, 5) is 27.5. The van der Waals surface area contributed by atoms with Crippen LogP contribution in [-0.2, 0) is 10.4 Å². The number of nitrogens with two attached hydrogens (primary N) is 3. The standard InChI is InChI=1S/C21H21F2N5O3S/c1-21(2,31)9-6-11(22)16(12(23)7-9)14-8-10(18(25)29)20(32-14)28-15-5-3-4-13(27-15)17(24)19(26)30/h3-8,17,31H,24H2,1-2H3,(H2,25,29)(H2,26,30)(H,27,28). The molecule has 0 saturated heterocycles. The van der Waals surface area contributed by atoms with Crippen molar-refractivity contribution in [3.63, 3.8) is 0 Å². The molecule has 0 fully saturated rings. The maximum Gasteiger partial charge on any atom is 0.251 e. The molecule has 2 aromatic heterocycles. The molecule has 3 aromatic rings. The number of rotatable bonds is 7. The molecule has 0 aliphatic heterocycles. The van der Waals surface area contributed by atoms with Crippen molar-refractivity contribution >= 4 is 34.0 Å². The highest BCUT2D eigenvalue weighted by molar-refractivity contribution is 7.20. The van der Waals surface area contributed by atoms with Crippen LogP contribution in [0.3, 0.4) is 0 Å². The molecule has 1 unspecified atom stereocenters. The van der Waals surface area contributed by atoms with Crippen LogP contribution < -0.4 is 22.5 Å². The molecule has 3 rings (SSSR count). The first-order valence-electron chi connectivity index (χ1n) is 9.33. The van der Waals surface area contributed by atoms with Crippen molar-refractivity contribution in [1.82, 2.24) is 4.98 Å². The second kappa shape index (κ2) is 8.61. The smallest absolute Gasteiger partial charge is 0.251 e. The summed E-state index contributed by atoms with van der Waals surface area (Å²) in [7, 11) is 0. The number of thiophene rings is 1. The van der Waals surface area contributed by atoms with Crippen LogP contribution in [0.25, 0.3) is 10.4 Å². The fourth-order valence-corrected chi connectivity index (χ4v) is 4.03. The van der Waals surface area contributed by atoms with Gasteiger partial charge in [-0.3, -0.25) is 9.59 Å². The number of carbonyl (C=O) groups is 2. The van der Waals surface area contributed by atoms with Crippen LogP contribution in [0.5, 0.6) is 0 Å². The number of hydrogen-bond acceptors (Lipinski definition) is 7. The monoisotopic (exact) mass is 461 g/mol. The quantitative estimate of drug-likeness (QED) is 0.364. The van der Waals surface area contributed by atoms with Crippen LogP contribution >= 0.6 is 11.3 Å². The fourth-order valence-electron chi connectivity index (χ4n) is 2.91. The number of benzene rings is 1. The van der Waals surface area contributed by atoms with E-state index in [4.69, 9.17) is 17.2 Å². The van der Waals surface area contributed by atoms with E-state index < -0.39 is 35.1 Å². The van der Waals surface area contributed by atoms with Gasteiger partial charge in [-0.15, -0.1) is 11.3 Å². The Balaban J connectivity index is 2.04. The van der Waals surface area contributed by atoms with E-state index in [-0.39, 0.29) is 38.1 Å². The Morgan fingerprint density at radius 3 is 2.31 bits per heavy atom. The minimum Gasteiger partial charge on any atom is -0.386 e. The molecule has 0 aliphatic rings. The van der Waals surface area contributed by atoms with Crippen molar-refractivity contribution in [3.8, 4) is 10.4 Å². The number of halogens is 2. The third kappa shape index (κ3) is 4.74. The molecule has 168 valence electrons. The fraction of sp³-hybridized carbons (Fsp3) is 0.190. The first-order valence-corrected chi connectivity index (χ1v) is 10.1. The summed E-state index contributed by atoms with van der Waals surface area (Å²) in [5.41, 5.74) is 14.8. The maximum absolute atomic E-state index is 14.8. The highest BCUT2D eigenvalue weighted by Crippen LogP contribution is 2.40. The van der Waals surface area contributed by atoms with Crippen LogP contribution in [-0.4, -0.2) is 21.9 Å². The summed E-state index contributed by atoms with van der Waals surface area (Å²) in [6.45, 7) is 2.81. The van der Waals surface area contributed by atoms with E-state index in [1.165, 1.54) is 26.0 Å². The third-order valence-corrected chi connectivity index (χ3v) is 5.70. The van der Waals surface area contributed by atoms with Crippen LogP contribution in [0.4, 0.5) is 19.6 Å². The normalized spacial score (nSPS) is 12.4. The predicted octanol–water partition coefficient (Wildman–Crippen LogP) is 2.64. The number of aromatic nitrogens is 1. The first kappa shape index (κ1) is 23.3. The Morgan fingerprint density at radius 1 is 1.16 bits per heavy atom. The molecule has 8 N–H and O–H groups in total. The van der Waals surface area contributed by atoms with Gasteiger partial charge in [0.2, 0.25) is 5.91 Å². The molecule has 0 saturated carbocycles. The summed E-state index contributed by atoms with van der Waals surface area (Å²) in [6.07, 6.45) is 0. The van der Waals surface area contributed by atoms with Gasteiger partial charge in [-0.2, -0.15) is 0 Å². The number of hydrogen-bond donors (Lipinski definition) is 5. The van der Waals surface area contributed by atoms with Gasteiger partial charge >= 0.3 is 0 Å². The molecule has 8 nitrogen and oxygen atoms in total. The third-order valence-electron chi connectivity index (χ3n) is 4.63. The Hall–Kier alpha value is -3.41. The molecule has 0 bridgehead atoms. The topological polar surface area (TPSA) is 157 Å². The average Bonchev–Trinajstić information content (AvgIpc) is 3.09. The molecule has 2 heterocycles. The number of primary amides is 2. The van der Waals surface area contributed by atoms with Gasteiger partial charge in [0.05, 0.1) is 22.4 Å². The largest absolute Gasteiger partial charge is 0.386 e. The van der Waals surface area contributed by atoms with E-state index in [1.54, 1.807) is 12.1 Å². The van der Waals surface area contributed by atoms with E-state index in [1.807, 2.05) is 0 Å². The maximum atomic E-state index is 14.8. The first-order chi connectivity index (χ1) is 14.9. The van der Waals surface area contributed by atoms with Crippen molar-refractivity contribution < 1.29 is 23.5 Å². The van der Waals surface area contributed by atoms with Crippen LogP contribution in [0, 0.1) is 11.6 Å². The van der Waals surface area contributed by atoms with Crippen molar-refractivity contribution in [3.05, 3.63) is 64.9 Å². The second-order valence-corrected chi connectivity index (χ2v) is 8.60. The minimum absolute atomic E-state index is 0.0123. The Bertz CT molecular complexity index is 1180. The van der Waals surface area contributed by atoms with Crippen molar-refractivity contribution in [2.75, 3.05) is 5.32 Å². The van der Waals surface area contributed by atoms with E-state index in [2.05, 4.69) is 10.3 Å². The van der Waals surface area contributed by atoms with Crippen molar-refractivity contribution in [1.29, 1.82) is 0 Å². The number of nitrogens with one attached hydrogen (secondary N) is 1. The summed E-state index contributed by atoms with van der Waals surface area (Å²) in [5.74, 6) is -3.19. The Kier molecular flexibility index (Phi) is 6.26. The van der Waals surface area contributed by atoms with Gasteiger partial charge in [0.25, 0.3) is 5.91 Å². The van der Waals surface area contributed by atoms with E-state index in [0.717, 1.165) is 23.5 Å². The number of nitrogens with zero attached hydrogens (tertiary/aromatic N) is 1. The van der Waals surface area contributed by atoms with Gasteiger partial charge < -0.3 is 27.6 Å². The zero-order valence-electron chi connectivity index (χ0n) is 17.1. The molecular weight excluding hydrogens is 440 g/mol. The molecular formula is C21H21F2N5O3S. The molecule has 0 aliphatic carbocycles. The van der Waals surface area contributed by atoms with Gasteiger partial charge in [0.1, 0.15) is 28.5 Å². The van der Waals surface area contributed by atoms with Crippen molar-refractivity contribution in [2.45, 2.75) is 25.5 Å². The van der Waals surface area contributed by atoms with Gasteiger partial charge in [0, 0.05) is 4.88 Å². The summed E-state index contributed by atoms with van der Waals surface area (Å²) in [6, 6.07) is 6.81. The SMILES string of the molecule is CC(C)(O)c1cc(F)c(-c2cc(C(N)=O)c(Nc3cccc(C(N)C(N)=O)n3)s2)c(F)c1. The minimum atomic E-state index is -1.44. The van der Waals surface area contributed by atoms with E-state index in [9.17, 15) is 23.5 Å². The predicted molar refractivity (Wildman–Crippen MR) is 117 cm³/mol. The van der Waals surface area contributed by atoms with Crippen LogP contribution in [0.2, 0.25) is 0 Å². The molecule has 32 heavy (non-hydrogen) atoms. The zero-order chi connectivity index (χ0) is 23.8. The lowest BCUT2D eigenvalue weighted by Crippen LogP contribution is -2.29. The van der Waals surface area contributed by atoms with Crippen molar-refractivity contribution in [2.24, 2.45) is 17.2 Å². The second-order valence-electron chi connectivity index (χ2n) is 7.54. The Labute approximate surface area is 186 Å². The lowest BCUT2D eigenvalue weighted by molar-refractivity contribution is -0.119. The lowest BCUT2D eigenvalue weighted by Gasteiger charge is -2.18. The summed E-state index contributed by atoms with van der Waals surface area (Å²) in [5, 5.41) is 13.1.